The molecule has 8 heteroatoms. The van der Waals surface area contributed by atoms with E-state index in [1.165, 1.54) is 37.5 Å². The smallest absolute Gasteiger partial charge is 0.309 e. The molecule has 0 spiro atoms. The van der Waals surface area contributed by atoms with Gasteiger partial charge in [-0.25, -0.2) is 4.39 Å². The largest absolute Gasteiger partial charge is 0.485 e. The Morgan fingerprint density at radius 2 is 2.03 bits per heavy atom. The monoisotopic (exact) mass is 419 g/mol. The summed E-state index contributed by atoms with van der Waals surface area (Å²) in [7, 11) is 1.32. The van der Waals surface area contributed by atoms with E-state index in [9.17, 15) is 19.1 Å². The molecule has 2 aliphatic carbocycles. The number of halogens is 1. The summed E-state index contributed by atoms with van der Waals surface area (Å²) in [6, 6.07) is 5.46. The Labute approximate surface area is 174 Å². The third-order valence-electron chi connectivity index (χ3n) is 5.58. The lowest BCUT2D eigenvalue weighted by molar-refractivity contribution is -0.141. The highest BCUT2D eigenvalue weighted by Gasteiger charge is 2.46. The predicted molar refractivity (Wildman–Crippen MR) is 106 cm³/mol. The zero-order valence-electron chi connectivity index (χ0n) is 16.8. The van der Waals surface area contributed by atoms with Crippen molar-refractivity contribution in [2.75, 3.05) is 20.3 Å². The van der Waals surface area contributed by atoms with E-state index in [-0.39, 0.29) is 49.0 Å². The van der Waals surface area contributed by atoms with Gasteiger partial charge in [0, 0.05) is 5.92 Å². The van der Waals surface area contributed by atoms with Crippen molar-refractivity contribution in [3.8, 4) is 5.75 Å². The van der Waals surface area contributed by atoms with Crippen molar-refractivity contribution in [1.29, 1.82) is 0 Å². The van der Waals surface area contributed by atoms with Gasteiger partial charge in [0.2, 0.25) is 0 Å². The van der Waals surface area contributed by atoms with E-state index < -0.39 is 6.10 Å². The summed E-state index contributed by atoms with van der Waals surface area (Å²) in [5.74, 6) is -0.164. The number of carbonyl (C=O) groups excluding carboxylic acids is 2. The average Bonchev–Trinajstić information content (AvgIpc) is 3.25. The quantitative estimate of drug-likeness (QED) is 0.286. The number of rotatable bonds is 9. The molecular weight excluding hydrogens is 393 g/mol. The Balaban J connectivity index is 1.47. The second kappa shape index (κ2) is 10.3. The number of hydrogen-bond acceptors (Lipinski definition) is 7. The van der Waals surface area contributed by atoms with Crippen LogP contribution in [0.1, 0.15) is 25.7 Å². The molecule has 3 rings (SSSR count). The number of aliphatic hydroxyl groups is 1. The van der Waals surface area contributed by atoms with Gasteiger partial charge >= 0.3 is 5.97 Å². The highest BCUT2D eigenvalue weighted by atomic mass is 19.1. The standard InChI is InChI=1S/C22H26FNO6/c1-28-22(27)8-9-30-24-16-10-14-11-21(26)19(20(14)12-16)7-4-17(25)13-29-18-5-2-15(23)3-6-18/h2-7,14,19-21,26H,8-13H2,1H3/b7-4?,24-16-/t14-,19-,20+,21-/m0/s1. The van der Waals surface area contributed by atoms with Crippen LogP contribution in [-0.2, 0) is 19.2 Å². The molecule has 4 atom stereocenters. The van der Waals surface area contributed by atoms with Crippen LogP contribution in [0.15, 0.2) is 41.6 Å². The molecule has 0 heterocycles. The van der Waals surface area contributed by atoms with E-state index in [0.717, 1.165) is 12.1 Å². The lowest BCUT2D eigenvalue weighted by Crippen LogP contribution is -2.18. The molecular formula is C22H26FNO6. The topological polar surface area (TPSA) is 94.4 Å². The summed E-state index contributed by atoms with van der Waals surface area (Å²) in [6.45, 7) is 0.0137. The molecule has 0 aromatic heterocycles. The third-order valence-corrected chi connectivity index (χ3v) is 5.58. The molecule has 2 saturated carbocycles. The number of fused-ring (bicyclic) bond motifs is 1. The molecule has 7 nitrogen and oxygen atoms in total. The minimum atomic E-state index is -0.496. The van der Waals surface area contributed by atoms with Crippen LogP contribution < -0.4 is 4.74 Å². The zero-order valence-corrected chi connectivity index (χ0v) is 16.8. The fourth-order valence-corrected chi connectivity index (χ4v) is 4.10. The lowest BCUT2D eigenvalue weighted by Gasteiger charge is -2.16. The fraction of sp³-hybridized carbons (Fsp3) is 0.500. The molecule has 0 amide bonds. The normalized spacial score (nSPS) is 26.7. The number of nitrogens with zero attached hydrogens (tertiary/aromatic N) is 1. The number of benzene rings is 1. The number of methoxy groups -OCH3 is 1. The molecule has 1 aromatic carbocycles. The highest BCUT2D eigenvalue weighted by Crippen LogP contribution is 2.47. The number of ether oxygens (including phenoxy) is 2. The lowest BCUT2D eigenvalue weighted by atomic mass is 9.91. The predicted octanol–water partition coefficient (Wildman–Crippen LogP) is 2.67. The summed E-state index contributed by atoms with van der Waals surface area (Å²) in [6.07, 6.45) is 4.94. The molecule has 0 saturated heterocycles. The van der Waals surface area contributed by atoms with Gasteiger partial charge in [0.1, 0.15) is 18.2 Å². The first-order valence-electron chi connectivity index (χ1n) is 9.98. The van der Waals surface area contributed by atoms with Crippen LogP contribution >= 0.6 is 0 Å². The van der Waals surface area contributed by atoms with Crippen molar-refractivity contribution in [3.05, 3.63) is 42.2 Å². The number of oxime groups is 1. The Bertz CT molecular complexity index is 806. The first-order valence-corrected chi connectivity index (χ1v) is 9.98. The molecule has 0 unspecified atom stereocenters. The van der Waals surface area contributed by atoms with Crippen molar-refractivity contribution < 1.29 is 33.4 Å². The Kier molecular flexibility index (Phi) is 7.57. The minimum Gasteiger partial charge on any atom is -0.485 e. The second-order valence-corrected chi connectivity index (χ2v) is 7.60. The first kappa shape index (κ1) is 22.0. The highest BCUT2D eigenvalue weighted by molar-refractivity contribution is 5.91. The molecule has 1 aromatic rings. The van der Waals surface area contributed by atoms with E-state index in [2.05, 4.69) is 9.89 Å². The molecule has 2 aliphatic rings. The van der Waals surface area contributed by atoms with E-state index in [0.29, 0.717) is 24.5 Å². The fourth-order valence-electron chi connectivity index (χ4n) is 4.10. The van der Waals surface area contributed by atoms with Gasteiger partial charge < -0.3 is 19.4 Å². The number of aliphatic hydroxyl groups excluding tert-OH is 1. The van der Waals surface area contributed by atoms with Crippen LogP contribution in [0.4, 0.5) is 4.39 Å². The van der Waals surface area contributed by atoms with E-state index in [4.69, 9.17) is 9.57 Å². The molecule has 162 valence electrons. The summed E-state index contributed by atoms with van der Waals surface area (Å²) >= 11 is 0. The molecule has 0 radical (unpaired) electrons. The van der Waals surface area contributed by atoms with Crippen molar-refractivity contribution in [2.24, 2.45) is 22.9 Å². The van der Waals surface area contributed by atoms with Crippen molar-refractivity contribution >= 4 is 17.5 Å². The second-order valence-electron chi connectivity index (χ2n) is 7.60. The minimum absolute atomic E-state index is 0.132. The van der Waals surface area contributed by atoms with Crippen molar-refractivity contribution in [3.63, 3.8) is 0 Å². The Morgan fingerprint density at radius 3 is 2.77 bits per heavy atom. The maximum Gasteiger partial charge on any atom is 0.309 e. The molecule has 0 bridgehead atoms. The van der Waals surface area contributed by atoms with Crippen LogP contribution in [0.3, 0.4) is 0 Å². The number of carbonyl (C=O) groups is 2. The average molecular weight is 419 g/mol. The number of esters is 1. The van der Waals surface area contributed by atoms with Gasteiger partial charge in [-0.15, -0.1) is 0 Å². The van der Waals surface area contributed by atoms with Gasteiger partial charge in [-0.2, -0.15) is 0 Å². The molecule has 2 fully saturated rings. The number of ketones is 1. The van der Waals surface area contributed by atoms with Crippen LogP contribution in [-0.4, -0.2) is 49.0 Å². The van der Waals surface area contributed by atoms with Crippen LogP contribution in [0.2, 0.25) is 0 Å². The SMILES string of the molecule is COC(=O)CCO/N=C1/C[C@H]2C[C@H](O)[C@@H](C=CC(=O)COc3ccc(F)cc3)[C@@H]2C1. The van der Waals surface area contributed by atoms with Gasteiger partial charge in [-0.1, -0.05) is 11.2 Å². The van der Waals surface area contributed by atoms with E-state index in [1.807, 2.05) is 0 Å². The van der Waals surface area contributed by atoms with E-state index in [1.54, 1.807) is 6.08 Å². The third kappa shape index (κ3) is 5.89. The maximum absolute atomic E-state index is 12.9. The van der Waals surface area contributed by atoms with Gasteiger partial charge in [-0.3, -0.25) is 9.59 Å². The molecule has 30 heavy (non-hydrogen) atoms. The van der Waals surface area contributed by atoms with Crippen LogP contribution in [0.25, 0.3) is 0 Å². The van der Waals surface area contributed by atoms with Gasteiger partial charge in [0.25, 0.3) is 0 Å². The first-order chi connectivity index (χ1) is 14.5. The Hall–Kier alpha value is -2.74. The van der Waals surface area contributed by atoms with Crippen molar-refractivity contribution in [1.82, 2.24) is 0 Å². The van der Waals surface area contributed by atoms with Gasteiger partial charge in [-0.05, 0) is 61.4 Å². The van der Waals surface area contributed by atoms with Crippen molar-refractivity contribution in [2.45, 2.75) is 31.8 Å². The van der Waals surface area contributed by atoms with E-state index >= 15 is 0 Å². The van der Waals surface area contributed by atoms with Gasteiger partial charge in [0.05, 0.1) is 25.3 Å². The zero-order chi connectivity index (χ0) is 21.5. The summed E-state index contributed by atoms with van der Waals surface area (Å²) in [5, 5.41) is 14.5. The number of hydrogen-bond donors (Lipinski definition) is 1. The van der Waals surface area contributed by atoms with Crippen LogP contribution in [0.5, 0.6) is 5.75 Å². The molecule has 0 aliphatic heterocycles. The maximum atomic E-state index is 12.9. The van der Waals surface area contributed by atoms with Crippen LogP contribution in [0, 0.1) is 23.6 Å². The molecule has 1 N–H and O–H groups in total. The summed E-state index contributed by atoms with van der Waals surface area (Å²) in [4.78, 5) is 28.4. The summed E-state index contributed by atoms with van der Waals surface area (Å²) in [5.41, 5.74) is 0.908. The summed E-state index contributed by atoms with van der Waals surface area (Å²) < 4.78 is 22.8. The van der Waals surface area contributed by atoms with Gasteiger partial charge in [0.15, 0.2) is 12.4 Å². The Morgan fingerprint density at radius 1 is 1.27 bits per heavy atom.